The first kappa shape index (κ1) is 19.3. The lowest BCUT2D eigenvalue weighted by Gasteiger charge is -2.19. The van der Waals surface area contributed by atoms with E-state index in [2.05, 4.69) is 0 Å². The third kappa shape index (κ3) is 4.35. The Morgan fingerprint density at radius 3 is 2.68 bits per heavy atom. The zero-order chi connectivity index (χ0) is 18.6. The molecule has 1 saturated heterocycles. The van der Waals surface area contributed by atoms with Crippen LogP contribution in [0.5, 0.6) is 5.75 Å². The first-order valence-electron chi connectivity index (χ1n) is 7.75. The van der Waals surface area contributed by atoms with Gasteiger partial charge >= 0.3 is 5.97 Å². The molecule has 0 radical (unpaired) electrons. The molecule has 25 heavy (non-hydrogen) atoms. The molecule has 1 heterocycles. The number of hydrogen-bond donors (Lipinski definition) is 0. The van der Waals surface area contributed by atoms with Crippen LogP contribution in [0.2, 0.25) is 5.02 Å². The van der Waals surface area contributed by atoms with Gasteiger partial charge in [-0.1, -0.05) is 11.6 Å². The number of nitrogens with zero attached hydrogens (tertiary/aromatic N) is 1. The number of rotatable bonds is 6. The molecule has 0 spiro atoms. The number of imide groups is 1. The fourth-order valence-electron chi connectivity index (χ4n) is 2.24. The zero-order valence-corrected chi connectivity index (χ0v) is 15.6. The van der Waals surface area contributed by atoms with Crippen molar-refractivity contribution in [1.82, 2.24) is 4.90 Å². The standard InChI is InChI=1S/C17H18ClNO5S/c1-4-23-13-7-6-12(18)8-11(13)9-14-15(20)19(17(22)25-14)10(3)16(21)24-5-2/h6-10H,4-5H2,1-3H3. The lowest BCUT2D eigenvalue weighted by atomic mass is 10.1. The number of amides is 2. The van der Waals surface area contributed by atoms with Gasteiger partial charge in [0.2, 0.25) is 0 Å². The molecular weight excluding hydrogens is 366 g/mol. The van der Waals surface area contributed by atoms with Crippen LogP contribution in [0.15, 0.2) is 23.1 Å². The molecule has 1 aromatic rings. The monoisotopic (exact) mass is 383 g/mol. The van der Waals surface area contributed by atoms with E-state index in [1.54, 1.807) is 31.2 Å². The van der Waals surface area contributed by atoms with Crippen LogP contribution in [-0.4, -0.2) is 41.3 Å². The maximum absolute atomic E-state index is 12.6. The van der Waals surface area contributed by atoms with Gasteiger partial charge in [0.15, 0.2) is 0 Å². The van der Waals surface area contributed by atoms with Gasteiger partial charge < -0.3 is 9.47 Å². The minimum Gasteiger partial charge on any atom is -0.493 e. The van der Waals surface area contributed by atoms with Crippen molar-refractivity contribution in [3.63, 3.8) is 0 Å². The number of benzene rings is 1. The minimum atomic E-state index is -0.982. The second-order valence-corrected chi connectivity index (χ2v) is 6.52. The summed E-state index contributed by atoms with van der Waals surface area (Å²) in [6.07, 6.45) is 1.54. The van der Waals surface area contributed by atoms with E-state index in [1.165, 1.54) is 6.92 Å². The van der Waals surface area contributed by atoms with Gasteiger partial charge in [0.25, 0.3) is 11.1 Å². The maximum Gasteiger partial charge on any atom is 0.329 e. The molecule has 6 nitrogen and oxygen atoms in total. The first-order chi connectivity index (χ1) is 11.9. The highest BCUT2D eigenvalue weighted by Gasteiger charge is 2.41. The van der Waals surface area contributed by atoms with E-state index in [1.807, 2.05) is 6.92 Å². The molecule has 1 atom stereocenters. The molecule has 1 aliphatic heterocycles. The number of esters is 1. The molecule has 1 fully saturated rings. The van der Waals surface area contributed by atoms with Gasteiger partial charge in [-0.15, -0.1) is 0 Å². The first-order valence-corrected chi connectivity index (χ1v) is 8.94. The second kappa shape index (κ2) is 8.40. The molecule has 0 bridgehead atoms. The summed E-state index contributed by atoms with van der Waals surface area (Å²) in [6, 6.07) is 4.04. The third-order valence-electron chi connectivity index (χ3n) is 3.40. The van der Waals surface area contributed by atoms with E-state index in [0.29, 0.717) is 22.9 Å². The summed E-state index contributed by atoms with van der Waals surface area (Å²) in [7, 11) is 0. The molecule has 2 rings (SSSR count). The summed E-state index contributed by atoms with van der Waals surface area (Å²) in [5.74, 6) is -0.612. The molecule has 1 aromatic carbocycles. The molecule has 0 N–H and O–H groups in total. The average Bonchev–Trinajstić information content (AvgIpc) is 2.83. The van der Waals surface area contributed by atoms with Crippen LogP contribution in [0.3, 0.4) is 0 Å². The molecular formula is C17H18ClNO5S. The molecule has 0 saturated carbocycles. The summed E-state index contributed by atoms with van der Waals surface area (Å²) in [6.45, 7) is 5.58. The van der Waals surface area contributed by atoms with Crippen LogP contribution in [0.4, 0.5) is 4.79 Å². The van der Waals surface area contributed by atoms with Gasteiger partial charge in [-0.2, -0.15) is 0 Å². The topological polar surface area (TPSA) is 72.9 Å². The van der Waals surface area contributed by atoms with E-state index in [0.717, 1.165) is 16.7 Å². The number of hydrogen-bond acceptors (Lipinski definition) is 6. The Bertz CT molecular complexity index is 734. The van der Waals surface area contributed by atoms with Gasteiger partial charge in [-0.05, 0) is 56.8 Å². The summed E-state index contributed by atoms with van der Waals surface area (Å²) in [5, 5.41) is -0.0365. The van der Waals surface area contributed by atoms with Gasteiger partial charge in [0, 0.05) is 10.6 Å². The van der Waals surface area contributed by atoms with Crippen molar-refractivity contribution in [2.75, 3.05) is 13.2 Å². The Balaban J connectivity index is 2.32. The molecule has 2 amide bonds. The van der Waals surface area contributed by atoms with E-state index < -0.39 is 23.2 Å². The Morgan fingerprint density at radius 2 is 2.04 bits per heavy atom. The van der Waals surface area contributed by atoms with Crippen molar-refractivity contribution in [1.29, 1.82) is 0 Å². The van der Waals surface area contributed by atoms with Crippen molar-refractivity contribution in [2.45, 2.75) is 26.8 Å². The summed E-state index contributed by atoms with van der Waals surface area (Å²) < 4.78 is 10.4. The highest BCUT2D eigenvalue weighted by atomic mass is 35.5. The highest BCUT2D eigenvalue weighted by molar-refractivity contribution is 8.18. The zero-order valence-electron chi connectivity index (χ0n) is 14.1. The molecule has 0 aromatic heterocycles. The molecule has 0 aliphatic carbocycles. The largest absolute Gasteiger partial charge is 0.493 e. The Morgan fingerprint density at radius 1 is 1.32 bits per heavy atom. The number of thioether (sulfide) groups is 1. The SMILES string of the molecule is CCOC(=O)C(C)N1C(=O)SC(=Cc2cc(Cl)ccc2OCC)C1=O. The predicted octanol–water partition coefficient (Wildman–Crippen LogP) is 3.73. The van der Waals surface area contributed by atoms with Crippen LogP contribution >= 0.6 is 23.4 Å². The Hall–Kier alpha value is -1.99. The van der Waals surface area contributed by atoms with Crippen LogP contribution < -0.4 is 4.74 Å². The van der Waals surface area contributed by atoms with Gasteiger partial charge in [0.05, 0.1) is 18.1 Å². The number of ether oxygens (including phenoxy) is 2. The molecule has 1 aliphatic rings. The van der Waals surface area contributed by atoms with Gasteiger partial charge in [-0.25, -0.2) is 4.79 Å². The lowest BCUT2D eigenvalue weighted by molar-refractivity contribution is -0.150. The highest BCUT2D eigenvalue weighted by Crippen LogP contribution is 2.36. The quantitative estimate of drug-likeness (QED) is 0.550. The van der Waals surface area contributed by atoms with E-state index in [9.17, 15) is 14.4 Å². The predicted molar refractivity (Wildman–Crippen MR) is 96.5 cm³/mol. The Kier molecular flexibility index (Phi) is 6.50. The fourth-order valence-corrected chi connectivity index (χ4v) is 3.32. The number of halogens is 1. The number of carbonyl (C=O) groups excluding carboxylic acids is 3. The van der Waals surface area contributed by atoms with Crippen LogP contribution in [0, 0.1) is 0 Å². The van der Waals surface area contributed by atoms with Crippen LogP contribution in [-0.2, 0) is 14.3 Å². The van der Waals surface area contributed by atoms with Crippen LogP contribution in [0.25, 0.3) is 6.08 Å². The van der Waals surface area contributed by atoms with E-state index in [4.69, 9.17) is 21.1 Å². The van der Waals surface area contributed by atoms with Crippen molar-refractivity contribution >= 4 is 46.6 Å². The normalized spacial score (nSPS) is 17.1. The summed E-state index contributed by atoms with van der Waals surface area (Å²) >= 11 is 6.77. The van der Waals surface area contributed by atoms with Gasteiger partial charge in [0.1, 0.15) is 11.8 Å². The third-order valence-corrected chi connectivity index (χ3v) is 4.52. The second-order valence-electron chi connectivity index (χ2n) is 5.09. The van der Waals surface area contributed by atoms with Crippen molar-refractivity contribution in [3.8, 4) is 5.75 Å². The average molecular weight is 384 g/mol. The summed E-state index contributed by atoms with van der Waals surface area (Å²) in [4.78, 5) is 37.7. The van der Waals surface area contributed by atoms with E-state index >= 15 is 0 Å². The fraction of sp³-hybridized carbons (Fsp3) is 0.353. The molecule has 8 heteroatoms. The maximum atomic E-state index is 12.6. The van der Waals surface area contributed by atoms with Crippen molar-refractivity contribution in [3.05, 3.63) is 33.7 Å². The van der Waals surface area contributed by atoms with Crippen LogP contribution in [0.1, 0.15) is 26.3 Å². The lowest BCUT2D eigenvalue weighted by Crippen LogP contribution is -2.42. The van der Waals surface area contributed by atoms with Crippen molar-refractivity contribution < 1.29 is 23.9 Å². The molecule has 134 valence electrons. The minimum absolute atomic E-state index is 0.176. The van der Waals surface area contributed by atoms with Gasteiger partial charge in [-0.3, -0.25) is 14.5 Å². The van der Waals surface area contributed by atoms with Crippen molar-refractivity contribution in [2.24, 2.45) is 0 Å². The smallest absolute Gasteiger partial charge is 0.329 e. The summed E-state index contributed by atoms with van der Waals surface area (Å²) in [5.41, 5.74) is 0.587. The molecule has 1 unspecified atom stereocenters. The van der Waals surface area contributed by atoms with E-state index in [-0.39, 0.29) is 11.5 Å². The number of carbonyl (C=O) groups is 3. The Labute approximate surface area is 155 Å².